The maximum atomic E-state index is 14.8. The van der Waals surface area contributed by atoms with E-state index in [1.54, 1.807) is 24.3 Å². The lowest BCUT2D eigenvalue weighted by atomic mass is 10.1. The molecule has 0 fully saturated rings. The number of benzene rings is 3. The summed E-state index contributed by atoms with van der Waals surface area (Å²) in [7, 11) is 0. The normalized spacial score (nSPS) is 11.4. The lowest BCUT2D eigenvalue weighted by Crippen LogP contribution is -2.07. The molecule has 0 saturated carbocycles. The molecule has 0 bridgehead atoms. The second kappa shape index (κ2) is 9.20. The topological polar surface area (TPSA) is 66.9 Å². The molecule has 3 aromatic carbocycles. The molecule has 1 aromatic heterocycles. The van der Waals surface area contributed by atoms with Gasteiger partial charge < -0.3 is 0 Å². The zero-order valence-electron chi connectivity index (χ0n) is 16.2. The van der Waals surface area contributed by atoms with Crippen LogP contribution in [0.3, 0.4) is 0 Å². The molecule has 32 heavy (non-hydrogen) atoms. The summed E-state index contributed by atoms with van der Waals surface area (Å²) in [6, 6.07) is 12.0. The van der Waals surface area contributed by atoms with Gasteiger partial charge in [0.15, 0.2) is 0 Å². The molecule has 0 spiro atoms. The average Bonchev–Trinajstić information content (AvgIpc) is 3.11. The predicted octanol–water partition coefficient (Wildman–Crippen LogP) is 7.00. The van der Waals surface area contributed by atoms with Crippen molar-refractivity contribution in [2.45, 2.75) is 6.54 Å². The minimum absolute atomic E-state index is 0.0293. The molecule has 0 aliphatic heterocycles. The standard InChI is InChI=1S/C21H13Cl3F2N6/c1-27-30-31-28-10-11-6-16(24)20(9-17(11)25)32-19-5-3-12(22)7-15(19)21(29-32)14-4-2-13(23)8-18(14)26/h2-9H,1,10H2,(H,28,30). The van der Waals surface area contributed by atoms with Crippen molar-refractivity contribution in [1.82, 2.24) is 15.2 Å². The summed E-state index contributed by atoms with van der Waals surface area (Å²) >= 11 is 18.5. The van der Waals surface area contributed by atoms with E-state index in [-0.39, 0.29) is 33.4 Å². The Morgan fingerprint density at radius 2 is 1.72 bits per heavy atom. The van der Waals surface area contributed by atoms with Crippen LogP contribution in [0.15, 0.2) is 64.1 Å². The number of halogens is 5. The SMILES string of the molecule is C=N/N=N\NCc1cc(Cl)c(-n2nc(-c3ccc(Cl)cc3F)c3cc(Cl)ccc32)cc1F. The molecule has 0 aliphatic rings. The molecule has 0 aliphatic carbocycles. The van der Waals surface area contributed by atoms with Gasteiger partial charge in [-0.25, -0.2) is 13.5 Å². The van der Waals surface area contributed by atoms with Crippen molar-refractivity contribution in [1.29, 1.82) is 0 Å². The largest absolute Gasteiger partial charge is 0.285 e. The van der Waals surface area contributed by atoms with Crippen molar-refractivity contribution >= 4 is 52.4 Å². The van der Waals surface area contributed by atoms with Crippen LogP contribution >= 0.6 is 34.8 Å². The van der Waals surface area contributed by atoms with Gasteiger partial charge in [-0.1, -0.05) is 40.0 Å². The lowest BCUT2D eigenvalue weighted by Gasteiger charge is -2.10. The van der Waals surface area contributed by atoms with E-state index in [0.29, 0.717) is 21.6 Å². The van der Waals surface area contributed by atoms with Gasteiger partial charge in [-0.2, -0.15) is 5.10 Å². The highest BCUT2D eigenvalue weighted by Crippen LogP contribution is 2.35. The number of fused-ring (bicyclic) bond motifs is 1. The minimum atomic E-state index is -0.550. The molecule has 4 aromatic rings. The molecule has 162 valence electrons. The van der Waals surface area contributed by atoms with E-state index in [2.05, 4.69) is 32.8 Å². The van der Waals surface area contributed by atoms with Gasteiger partial charge in [0.2, 0.25) is 0 Å². The van der Waals surface area contributed by atoms with Gasteiger partial charge in [-0.15, -0.1) is 5.10 Å². The Morgan fingerprint density at radius 3 is 2.47 bits per heavy atom. The van der Waals surface area contributed by atoms with Gasteiger partial charge in [0.1, 0.15) is 17.3 Å². The van der Waals surface area contributed by atoms with Crippen LogP contribution in [-0.2, 0) is 6.54 Å². The predicted molar refractivity (Wildman–Crippen MR) is 123 cm³/mol. The van der Waals surface area contributed by atoms with Gasteiger partial charge in [0.05, 0.1) is 22.8 Å². The third-order valence-corrected chi connectivity index (χ3v) is 5.39. The molecule has 1 N–H and O–H groups in total. The highest BCUT2D eigenvalue weighted by atomic mass is 35.5. The molecule has 0 atom stereocenters. The Bertz CT molecular complexity index is 1370. The highest BCUT2D eigenvalue weighted by Gasteiger charge is 2.20. The number of hydrogen-bond acceptors (Lipinski definition) is 3. The fraction of sp³-hybridized carbons (Fsp3) is 0.0476. The summed E-state index contributed by atoms with van der Waals surface area (Å²) in [5, 5.41) is 16.0. The molecule has 0 saturated heterocycles. The van der Waals surface area contributed by atoms with Gasteiger partial charge in [0.25, 0.3) is 0 Å². The van der Waals surface area contributed by atoms with Gasteiger partial charge >= 0.3 is 0 Å². The molecular formula is C21H13Cl3F2N6. The van der Waals surface area contributed by atoms with E-state index in [0.717, 1.165) is 0 Å². The molecule has 1 heterocycles. The van der Waals surface area contributed by atoms with Crippen LogP contribution in [-0.4, -0.2) is 16.5 Å². The molecule has 0 radical (unpaired) electrons. The van der Waals surface area contributed by atoms with Crippen LogP contribution in [0, 0.1) is 11.6 Å². The number of rotatable bonds is 6. The first-order valence-corrected chi connectivity index (χ1v) is 10.2. The first kappa shape index (κ1) is 22.1. The first-order valence-electron chi connectivity index (χ1n) is 9.09. The summed E-state index contributed by atoms with van der Waals surface area (Å²) in [5.74, 6) is -1.10. The molecular weight excluding hydrogens is 481 g/mol. The van der Waals surface area contributed by atoms with E-state index in [1.807, 2.05) is 0 Å². The Morgan fingerprint density at radius 1 is 0.969 bits per heavy atom. The van der Waals surface area contributed by atoms with E-state index >= 15 is 0 Å². The smallest absolute Gasteiger partial charge is 0.134 e. The van der Waals surface area contributed by atoms with Crippen LogP contribution < -0.4 is 5.43 Å². The van der Waals surface area contributed by atoms with Gasteiger partial charge in [0, 0.05) is 39.3 Å². The maximum Gasteiger partial charge on any atom is 0.134 e. The summed E-state index contributed by atoms with van der Waals surface area (Å²) in [4.78, 5) is 0. The van der Waals surface area contributed by atoms with E-state index < -0.39 is 11.6 Å². The number of aromatic nitrogens is 2. The highest BCUT2D eigenvalue weighted by molar-refractivity contribution is 6.33. The summed E-state index contributed by atoms with van der Waals surface area (Å²) < 4.78 is 30.9. The number of hydrogen-bond donors (Lipinski definition) is 1. The zero-order chi connectivity index (χ0) is 22.8. The quantitative estimate of drug-likeness (QED) is 0.178. The fourth-order valence-corrected chi connectivity index (χ4v) is 3.81. The van der Waals surface area contributed by atoms with Crippen molar-refractivity contribution in [2.75, 3.05) is 0 Å². The molecule has 11 heteroatoms. The summed E-state index contributed by atoms with van der Waals surface area (Å²) in [6.07, 6.45) is 0. The van der Waals surface area contributed by atoms with Crippen LogP contribution in [0.1, 0.15) is 5.56 Å². The summed E-state index contributed by atoms with van der Waals surface area (Å²) in [6.45, 7) is 3.18. The number of nitrogens with one attached hydrogen (secondary N) is 1. The Labute approximate surface area is 196 Å². The van der Waals surface area contributed by atoms with Crippen LogP contribution in [0.25, 0.3) is 27.8 Å². The molecule has 6 nitrogen and oxygen atoms in total. The van der Waals surface area contributed by atoms with Gasteiger partial charge in [-0.05, 0) is 47.7 Å². The van der Waals surface area contributed by atoms with Crippen LogP contribution in [0.2, 0.25) is 15.1 Å². The fourth-order valence-electron chi connectivity index (χ4n) is 3.21. The van der Waals surface area contributed by atoms with E-state index in [4.69, 9.17) is 34.8 Å². The van der Waals surface area contributed by atoms with Crippen molar-refractivity contribution in [3.8, 4) is 16.9 Å². The zero-order valence-corrected chi connectivity index (χ0v) is 18.4. The van der Waals surface area contributed by atoms with Crippen molar-refractivity contribution in [2.24, 2.45) is 15.5 Å². The average molecular weight is 494 g/mol. The van der Waals surface area contributed by atoms with Crippen LogP contribution in [0.4, 0.5) is 8.78 Å². The monoisotopic (exact) mass is 492 g/mol. The molecule has 4 rings (SSSR count). The van der Waals surface area contributed by atoms with Crippen molar-refractivity contribution in [3.05, 3.63) is 80.8 Å². The van der Waals surface area contributed by atoms with Crippen molar-refractivity contribution in [3.63, 3.8) is 0 Å². The Hall–Kier alpha value is -3.07. The lowest BCUT2D eigenvalue weighted by molar-refractivity contribution is 0.585. The second-order valence-electron chi connectivity index (χ2n) is 6.61. The Balaban J connectivity index is 1.86. The third kappa shape index (κ3) is 4.29. The van der Waals surface area contributed by atoms with Gasteiger partial charge in [-0.3, -0.25) is 5.43 Å². The molecule has 0 amide bonds. The first-order chi connectivity index (χ1) is 15.4. The second-order valence-corrected chi connectivity index (χ2v) is 7.89. The Kier molecular flexibility index (Phi) is 6.36. The van der Waals surface area contributed by atoms with Crippen molar-refractivity contribution < 1.29 is 8.78 Å². The van der Waals surface area contributed by atoms with Crippen LogP contribution in [0.5, 0.6) is 0 Å². The minimum Gasteiger partial charge on any atom is -0.285 e. The summed E-state index contributed by atoms with van der Waals surface area (Å²) in [5.41, 5.74) is 4.17. The van der Waals surface area contributed by atoms with E-state index in [9.17, 15) is 8.78 Å². The van der Waals surface area contributed by atoms with E-state index in [1.165, 1.54) is 28.9 Å². The maximum absolute atomic E-state index is 14.8. The number of nitrogens with zero attached hydrogens (tertiary/aromatic N) is 5. The third-order valence-electron chi connectivity index (χ3n) is 4.62. The molecule has 0 unspecified atom stereocenters.